The molecule has 0 spiro atoms. The molecule has 0 aliphatic heterocycles. The predicted octanol–water partition coefficient (Wildman–Crippen LogP) is 2.20. The first-order valence-corrected chi connectivity index (χ1v) is 7.49. The number of aromatic hydroxyl groups is 1. The van der Waals surface area contributed by atoms with E-state index in [0.29, 0.717) is 5.75 Å². The first-order valence-electron chi connectivity index (χ1n) is 5.78. The maximum atomic E-state index is 10.3. The number of phenols is 1. The van der Waals surface area contributed by atoms with Crippen LogP contribution in [-0.2, 0) is 0 Å². The van der Waals surface area contributed by atoms with Crippen LogP contribution in [0.1, 0.15) is 0 Å². The second-order valence-corrected chi connectivity index (χ2v) is 6.39. The Bertz CT molecular complexity index is 677. The summed E-state index contributed by atoms with van der Waals surface area (Å²) < 4.78 is 2.31. The second-order valence-electron chi connectivity index (χ2n) is 4.05. The molecule has 0 amide bonds. The molecule has 18 heavy (non-hydrogen) atoms. The van der Waals surface area contributed by atoms with Gasteiger partial charge in [-0.1, -0.05) is 0 Å². The average Bonchev–Trinajstić information content (AvgIpc) is 2.43. The van der Waals surface area contributed by atoms with Gasteiger partial charge in [-0.15, -0.1) is 0 Å². The molecule has 88 valence electrons. The summed E-state index contributed by atoms with van der Waals surface area (Å²) in [6, 6.07) is 22.3. The molecule has 0 fully saturated rings. The van der Waals surface area contributed by atoms with Crippen molar-refractivity contribution in [1.82, 2.24) is 0 Å². The molecule has 0 aliphatic carbocycles. The SMILES string of the molecule is Oc1c([Se]c2ccccc2)ccc2ccccc12. The van der Waals surface area contributed by atoms with E-state index in [1.165, 1.54) is 4.46 Å². The molecule has 3 aromatic carbocycles. The zero-order valence-electron chi connectivity index (χ0n) is 9.71. The summed E-state index contributed by atoms with van der Waals surface area (Å²) in [7, 11) is 0. The molecule has 0 atom stereocenters. The number of hydrogen-bond acceptors (Lipinski definition) is 1. The van der Waals surface area contributed by atoms with Gasteiger partial charge in [0, 0.05) is 0 Å². The molecule has 1 N–H and O–H groups in total. The van der Waals surface area contributed by atoms with E-state index in [9.17, 15) is 5.11 Å². The molecule has 0 aliphatic rings. The van der Waals surface area contributed by atoms with E-state index in [0.717, 1.165) is 15.2 Å². The summed E-state index contributed by atoms with van der Waals surface area (Å²) in [6.07, 6.45) is 0. The van der Waals surface area contributed by atoms with Gasteiger partial charge >= 0.3 is 112 Å². The Morgan fingerprint density at radius 2 is 1.44 bits per heavy atom. The summed E-state index contributed by atoms with van der Waals surface area (Å²) in [5, 5.41) is 12.3. The van der Waals surface area contributed by atoms with Crippen molar-refractivity contribution in [2.75, 3.05) is 0 Å². The van der Waals surface area contributed by atoms with Crippen molar-refractivity contribution in [2.24, 2.45) is 0 Å². The van der Waals surface area contributed by atoms with Crippen LogP contribution in [0.25, 0.3) is 10.8 Å². The van der Waals surface area contributed by atoms with Gasteiger partial charge in [-0.25, -0.2) is 0 Å². The Balaban J connectivity index is 2.05. The molecule has 3 aromatic rings. The first-order chi connectivity index (χ1) is 8.84. The van der Waals surface area contributed by atoms with Crippen LogP contribution in [0.2, 0.25) is 0 Å². The van der Waals surface area contributed by atoms with Crippen LogP contribution in [0.15, 0.2) is 66.7 Å². The summed E-state index contributed by atoms with van der Waals surface area (Å²) >= 11 is 0.148. The number of fused-ring (bicyclic) bond motifs is 1. The predicted molar refractivity (Wildman–Crippen MR) is 77.1 cm³/mol. The van der Waals surface area contributed by atoms with Crippen molar-refractivity contribution < 1.29 is 5.11 Å². The molecule has 0 aromatic heterocycles. The van der Waals surface area contributed by atoms with Crippen molar-refractivity contribution >= 4 is 34.7 Å². The van der Waals surface area contributed by atoms with E-state index in [4.69, 9.17) is 0 Å². The third kappa shape index (κ3) is 2.13. The zero-order chi connectivity index (χ0) is 12.4. The second kappa shape index (κ2) is 4.85. The van der Waals surface area contributed by atoms with Crippen LogP contribution in [0, 0.1) is 0 Å². The van der Waals surface area contributed by atoms with Crippen molar-refractivity contribution in [2.45, 2.75) is 0 Å². The third-order valence-corrected chi connectivity index (χ3v) is 5.05. The normalized spacial score (nSPS) is 10.7. The van der Waals surface area contributed by atoms with Crippen LogP contribution in [-0.4, -0.2) is 20.1 Å². The minimum absolute atomic E-state index is 0.148. The number of phenolic OH excluding ortho intramolecular Hbond substituents is 1. The Morgan fingerprint density at radius 3 is 2.28 bits per heavy atom. The van der Waals surface area contributed by atoms with Gasteiger partial charge < -0.3 is 0 Å². The van der Waals surface area contributed by atoms with E-state index >= 15 is 0 Å². The third-order valence-electron chi connectivity index (χ3n) is 2.83. The molecular weight excluding hydrogens is 287 g/mol. The molecule has 0 saturated heterocycles. The summed E-state index contributed by atoms with van der Waals surface area (Å²) in [4.78, 5) is 0. The molecule has 0 heterocycles. The summed E-state index contributed by atoms with van der Waals surface area (Å²) in [5.74, 6) is 0.428. The molecular formula is C16H12OSe. The van der Waals surface area contributed by atoms with Crippen molar-refractivity contribution in [3.05, 3.63) is 66.7 Å². The van der Waals surface area contributed by atoms with E-state index in [-0.39, 0.29) is 15.0 Å². The van der Waals surface area contributed by atoms with Crippen LogP contribution in [0.3, 0.4) is 0 Å². The Hall–Kier alpha value is -1.76. The standard InChI is InChI=1S/C16H12OSe/c17-16-14-9-5-4-6-12(14)10-11-15(16)18-13-7-2-1-3-8-13/h1-11,17H. The zero-order valence-corrected chi connectivity index (χ0v) is 11.4. The van der Waals surface area contributed by atoms with Crippen molar-refractivity contribution in [1.29, 1.82) is 0 Å². The molecule has 0 saturated carbocycles. The molecule has 1 nitrogen and oxygen atoms in total. The average molecular weight is 299 g/mol. The van der Waals surface area contributed by atoms with E-state index in [1.54, 1.807) is 0 Å². The van der Waals surface area contributed by atoms with Crippen molar-refractivity contribution in [3.8, 4) is 5.75 Å². The molecule has 0 radical (unpaired) electrons. The minimum atomic E-state index is 0.148. The summed E-state index contributed by atoms with van der Waals surface area (Å²) in [5.41, 5.74) is 0. The molecule has 0 unspecified atom stereocenters. The van der Waals surface area contributed by atoms with Crippen LogP contribution >= 0.6 is 0 Å². The Labute approximate surface area is 112 Å². The van der Waals surface area contributed by atoms with Gasteiger partial charge in [-0.2, -0.15) is 0 Å². The number of benzene rings is 3. The van der Waals surface area contributed by atoms with E-state index in [1.807, 2.05) is 48.5 Å². The fraction of sp³-hybridized carbons (Fsp3) is 0. The Morgan fingerprint density at radius 1 is 0.722 bits per heavy atom. The van der Waals surface area contributed by atoms with E-state index in [2.05, 4.69) is 18.2 Å². The van der Waals surface area contributed by atoms with Crippen molar-refractivity contribution in [3.63, 3.8) is 0 Å². The topological polar surface area (TPSA) is 20.2 Å². The van der Waals surface area contributed by atoms with Crippen LogP contribution in [0.5, 0.6) is 5.75 Å². The van der Waals surface area contributed by atoms with E-state index < -0.39 is 0 Å². The van der Waals surface area contributed by atoms with Gasteiger partial charge in [-0.3, -0.25) is 0 Å². The summed E-state index contributed by atoms with van der Waals surface area (Å²) in [6.45, 7) is 0. The fourth-order valence-electron chi connectivity index (χ4n) is 1.93. The monoisotopic (exact) mass is 300 g/mol. The molecule has 2 heteroatoms. The van der Waals surface area contributed by atoms with Gasteiger partial charge in [-0.05, 0) is 0 Å². The number of hydrogen-bond donors (Lipinski definition) is 1. The quantitative estimate of drug-likeness (QED) is 0.719. The maximum absolute atomic E-state index is 10.3. The number of rotatable bonds is 2. The first kappa shape index (κ1) is 11.3. The fourth-order valence-corrected chi connectivity index (χ4v) is 3.80. The van der Waals surface area contributed by atoms with Crippen LogP contribution < -0.4 is 8.92 Å². The molecule has 3 rings (SSSR count). The van der Waals surface area contributed by atoms with Gasteiger partial charge in [0.05, 0.1) is 0 Å². The van der Waals surface area contributed by atoms with Gasteiger partial charge in [0.25, 0.3) is 0 Å². The van der Waals surface area contributed by atoms with Gasteiger partial charge in [0.1, 0.15) is 0 Å². The Kier molecular flexibility index (Phi) is 3.06. The van der Waals surface area contributed by atoms with Gasteiger partial charge in [0.15, 0.2) is 0 Å². The van der Waals surface area contributed by atoms with Gasteiger partial charge in [0.2, 0.25) is 0 Å². The van der Waals surface area contributed by atoms with Crippen LogP contribution in [0.4, 0.5) is 0 Å². The molecule has 0 bridgehead atoms.